The lowest BCUT2D eigenvalue weighted by Crippen LogP contribution is -2.79. The van der Waals surface area contributed by atoms with Crippen LogP contribution in [0.2, 0.25) is 0 Å². The number of ether oxygens (including phenoxy) is 2. The predicted octanol–water partition coefficient (Wildman–Crippen LogP) is 2.35. The average Bonchev–Trinajstić information content (AvgIpc) is 3.64. The molecule has 2 aromatic rings. The van der Waals surface area contributed by atoms with Crippen molar-refractivity contribution in [2.45, 2.75) is 67.4 Å². The average molecular weight is 507 g/mol. The van der Waals surface area contributed by atoms with Crippen molar-refractivity contribution in [3.8, 4) is 17.2 Å². The molecule has 6 atom stereocenters. The van der Waals surface area contributed by atoms with Crippen molar-refractivity contribution in [3.63, 3.8) is 0 Å². The van der Waals surface area contributed by atoms with Crippen LogP contribution in [0.3, 0.4) is 0 Å². The molecule has 0 aromatic heterocycles. The van der Waals surface area contributed by atoms with Gasteiger partial charge in [-0.3, -0.25) is 9.69 Å². The molecule has 2 heterocycles. The van der Waals surface area contributed by atoms with E-state index in [2.05, 4.69) is 4.90 Å². The van der Waals surface area contributed by atoms with E-state index >= 15 is 0 Å². The van der Waals surface area contributed by atoms with E-state index in [9.17, 15) is 20.1 Å². The minimum atomic E-state index is -1.23. The number of aliphatic hydroxyl groups excluding tert-OH is 1. The molecule has 1 spiro atoms. The molecule has 2 saturated carbocycles. The predicted molar refractivity (Wildman–Crippen MR) is 135 cm³/mol. The highest BCUT2D eigenvalue weighted by molar-refractivity contribution is 5.78. The van der Waals surface area contributed by atoms with E-state index in [1.54, 1.807) is 24.1 Å². The number of rotatable bonds is 6. The Morgan fingerprint density at radius 1 is 1.16 bits per heavy atom. The van der Waals surface area contributed by atoms with Gasteiger partial charge in [0.05, 0.1) is 29.2 Å². The minimum Gasteiger partial charge on any atom is -0.504 e. The molecule has 8 nitrogen and oxygen atoms in total. The molecular weight excluding hydrogens is 472 g/mol. The van der Waals surface area contributed by atoms with Crippen molar-refractivity contribution in [2.75, 3.05) is 26.7 Å². The van der Waals surface area contributed by atoms with Gasteiger partial charge in [0.25, 0.3) is 5.91 Å². The lowest BCUT2D eigenvalue weighted by atomic mass is 9.47. The van der Waals surface area contributed by atoms with Gasteiger partial charge in [0, 0.05) is 19.2 Å². The van der Waals surface area contributed by atoms with Gasteiger partial charge in [-0.25, -0.2) is 0 Å². The summed E-state index contributed by atoms with van der Waals surface area (Å²) < 4.78 is 12.3. The van der Waals surface area contributed by atoms with Crippen LogP contribution in [-0.2, 0) is 10.2 Å². The third kappa shape index (κ3) is 3.15. The summed E-state index contributed by atoms with van der Waals surface area (Å²) in [6, 6.07) is 11.9. The molecule has 3 aliphatic carbocycles. The zero-order valence-electron chi connectivity index (χ0n) is 21.0. The van der Waals surface area contributed by atoms with E-state index in [0.717, 1.165) is 24.2 Å². The summed E-state index contributed by atoms with van der Waals surface area (Å²) in [5, 5.41) is 35.0. The van der Waals surface area contributed by atoms with E-state index in [-0.39, 0.29) is 24.3 Å². The van der Waals surface area contributed by atoms with E-state index in [0.29, 0.717) is 36.7 Å². The van der Waals surface area contributed by atoms with Gasteiger partial charge in [-0.15, -0.1) is 0 Å². The van der Waals surface area contributed by atoms with Crippen LogP contribution in [0.25, 0.3) is 0 Å². The first-order chi connectivity index (χ1) is 17.8. The molecule has 3 N–H and O–H groups in total. The number of likely N-dealkylation sites (N-methyl/N-ethyl adjacent to an activating group) is 1. The molecule has 1 saturated heterocycles. The maximum atomic E-state index is 13.3. The second-order valence-electron chi connectivity index (χ2n) is 11.6. The topological polar surface area (TPSA) is 103 Å². The third-order valence-corrected chi connectivity index (χ3v) is 9.77. The van der Waals surface area contributed by atoms with Crippen LogP contribution < -0.4 is 9.47 Å². The Balaban J connectivity index is 1.25. The largest absolute Gasteiger partial charge is 0.504 e. The second kappa shape index (κ2) is 8.09. The van der Waals surface area contributed by atoms with E-state index in [1.807, 2.05) is 30.3 Å². The van der Waals surface area contributed by atoms with Crippen molar-refractivity contribution in [3.05, 3.63) is 53.6 Å². The molecule has 37 heavy (non-hydrogen) atoms. The SMILES string of the molecule is CN(C(=O)COc1ccccc1)[C@@H]1CC[C@@]2(O)[C@H]3[C@@H](O)c4ccc(O)c5c4[C@@]2(CCN3CC2CC2)[C@H]1O5. The molecule has 7 rings (SSSR count). The summed E-state index contributed by atoms with van der Waals surface area (Å²) in [6.07, 6.45) is 2.60. The van der Waals surface area contributed by atoms with Crippen molar-refractivity contribution >= 4 is 5.91 Å². The fraction of sp³-hybridized carbons (Fsp3) is 0.552. The van der Waals surface area contributed by atoms with Crippen LogP contribution in [0.1, 0.15) is 49.3 Å². The summed E-state index contributed by atoms with van der Waals surface area (Å²) in [5.74, 6) is 1.45. The summed E-state index contributed by atoms with van der Waals surface area (Å²) in [6.45, 7) is 1.52. The fourth-order valence-corrected chi connectivity index (χ4v) is 7.86. The number of piperidine rings is 1. The maximum absolute atomic E-state index is 13.3. The smallest absolute Gasteiger partial charge is 0.260 e. The number of para-hydroxylation sites is 1. The number of benzene rings is 2. The van der Waals surface area contributed by atoms with Crippen LogP contribution in [0.5, 0.6) is 17.2 Å². The number of carbonyl (C=O) groups is 1. The summed E-state index contributed by atoms with van der Waals surface area (Å²) in [4.78, 5) is 17.3. The quantitative estimate of drug-likeness (QED) is 0.553. The third-order valence-electron chi connectivity index (χ3n) is 9.77. The lowest BCUT2D eigenvalue weighted by Gasteiger charge is -2.65. The van der Waals surface area contributed by atoms with E-state index in [1.165, 1.54) is 12.8 Å². The molecule has 2 aliphatic heterocycles. The van der Waals surface area contributed by atoms with Crippen LogP contribution >= 0.6 is 0 Å². The van der Waals surface area contributed by atoms with Gasteiger partial charge in [0.15, 0.2) is 18.1 Å². The van der Waals surface area contributed by atoms with Crippen LogP contribution in [0.4, 0.5) is 0 Å². The molecule has 5 aliphatic rings. The Bertz CT molecular complexity index is 1230. The number of hydrogen-bond acceptors (Lipinski definition) is 7. The van der Waals surface area contributed by atoms with Gasteiger partial charge in [-0.2, -0.15) is 0 Å². The lowest BCUT2D eigenvalue weighted by molar-refractivity contribution is -0.223. The maximum Gasteiger partial charge on any atom is 0.260 e. The Labute approximate surface area is 216 Å². The number of hydrogen-bond donors (Lipinski definition) is 3. The first-order valence-electron chi connectivity index (χ1n) is 13.5. The zero-order chi connectivity index (χ0) is 25.5. The van der Waals surface area contributed by atoms with Crippen molar-refractivity contribution in [1.29, 1.82) is 0 Å². The van der Waals surface area contributed by atoms with Gasteiger partial charge < -0.3 is 29.7 Å². The Morgan fingerprint density at radius 2 is 1.95 bits per heavy atom. The number of amides is 1. The van der Waals surface area contributed by atoms with Gasteiger partial charge in [-0.1, -0.05) is 24.3 Å². The highest BCUT2D eigenvalue weighted by Gasteiger charge is 2.75. The molecule has 0 radical (unpaired) electrons. The number of phenols is 1. The highest BCUT2D eigenvalue weighted by Crippen LogP contribution is 2.67. The van der Waals surface area contributed by atoms with Crippen LogP contribution in [0, 0.1) is 5.92 Å². The minimum absolute atomic E-state index is 0.0103. The second-order valence-corrected chi connectivity index (χ2v) is 11.6. The summed E-state index contributed by atoms with van der Waals surface area (Å²) in [5.41, 5.74) is -0.566. The number of nitrogens with zero attached hydrogens (tertiary/aromatic N) is 2. The Hall–Kier alpha value is -2.81. The monoisotopic (exact) mass is 506 g/mol. The number of carbonyl (C=O) groups excluding carboxylic acids is 1. The van der Waals surface area contributed by atoms with Gasteiger partial charge in [0.1, 0.15) is 11.9 Å². The standard InChI is InChI=1S/C29H34N2O6/c1-30(22(33)16-36-18-5-3-2-4-6-18)20-11-12-29(35)26-24(34)19-9-10-21(32)25-23(19)28(29,27(20)37-25)13-14-31(26)15-17-7-8-17/h2-6,9-10,17,20,24,26-27,32,34-35H,7-8,11-16H2,1H3/t20-,24+,26-,27+,28+,29-/m1/s1. The number of aromatic hydroxyl groups is 1. The first kappa shape index (κ1) is 23.3. The van der Waals surface area contributed by atoms with Gasteiger partial charge >= 0.3 is 0 Å². The Morgan fingerprint density at radius 3 is 2.70 bits per heavy atom. The molecule has 3 fully saturated rings. The normalized spacial score (nSPS) is 35.4. The van der Waals surface area contributed by atoms with Crippen LogP contribution in [0.15, 0.2) is 42.5 Å². The van der Waals surface area contributed by atoms with Gasteiger partial charge in [0.2, 0.25) is 0 Å². The number of aliphatic hydroxyl groups is 2. The van der Waals surface area contributed by atoms with E-state index in [4.69, 9.17) is 9.47 Å². The van der Waals surface area contributed by atoms with E-state index < -0.39 is 29.3 Å². The first-order valence-corrected chi connectivity index (χ1v) is 13.5. The molecule has 1 amide bonds. The van der Waals surface area contributed by atoms with Gasteiger partial charge in [-0.05, 0) is 68.3 Å². The molecule has 2 bridgehead atoms. The van der Waals surface area contributed by atoms with Crippen molar-refractivity contribution in [1.82, 2.24) is 9.80 Å². The Kier molecular flexibility index (Phi) is 5.10. The van der Waals surface area contributed by atoms with Crippen molar-refractivity contribution in [2.24, 2.45) is 5.92 Å². The molecular formula is C29H34N2O6. The highest BCUT2D eigenvalue weighted by atomic mass is 16.5. The molecule has 196 valence electrons. The van der Waals surface area contributed by atoms with Crippen molar-refractivity contribution < 1.29 is 29.6 Å². The van der Waals surface area contributed by atoms with Crippen LogP contribution in [-0.4, -0.2) is 81.6 Å². The fourth-order valence-electron chi connectivity index (χ4n) is 7.86. The zero-order valence-corrected chi connectivity index (χ0v) is 21.0. The number of phenolic OH excluding ortho intramolecular Hbond substituents is 1. The number of likely N-dealkylation sites (tertiary alicyclic amines) is 1. The summed E-state index contributed by atoms with van der Waals surface area (Å²) in [7, 11) is 1.77. The molecule has 8 heteroatoms. The molecule has 2 aromatic carbocycles. The molecule has 0 unspecified atom stereocenters. The summed E-state index contributed by atoms with van der Waals surface area (Å²) >= 11 is 0.